The molecule has 1 fully saturated rings. The van der Waals surface area contributed by atoms with Crippen molar-refractivity contribution in [1.29, 1.82) is 0 Å². The molecule has 154 valence electrons. The predicted octanol–water partition coefficient (Wildman–Crippen LogP) is 4.89. The number of aromatic nitrogens is 3. The molecule has 0 amide bonds. The van der Waals surface area contributed by atoms with E-state index < -0.39 is 0 Å². The first kappa shape index (κ1) is 20.0. The van der Waals surface area contributed by atoms with Gasteiger partial charge in [-0.1, -0.05) is 11.8 Å². The summed E-state index contributed by atoms with van der Waals surface area (Å²) in [6.07, 6.45) is 6.60. The summed E-state index contributed by atoms with van der Waals surface area (Å²) in [5.74, 6) is 2.41. The molecule has 0 radical (unpaired) electrons. The van der Waals surface area contributed by atoms with E-state index in [1.165, 1.54) is 23.7 Å². The Morgan fingerprint density at radius 1 is 1.14 bits per heavy atom. The fraction of sp³-hybridized carbons (Fsp3) is 0.455. The van der Waals surface area contributed by atoms with Crippen molar-refractivity contribution in [3.05, 3.63) is 36.5 Å². The van der Waals surface area contributed by atoms with Crippen LogP contribution in [0.5, 0.6) is 0 Å². The molecule has 1 saturated heterocycles. The molecular weight excluding hydrogens is 380 g/mol. The lowest BCUT2D eigenvalue weighted by Crippen LogP contribution is -2.31. The van der Waals surface area contributed by atoms with Gasteiger partial charge in [0.25, 0.3) is 0 Å². The van der Waals surface area contributed by atoms with Gasteiger partial charge in [-0.3, -0.25) is 0 Å². The minimum atomic E-state index is 0.450. The SMILES string of the molecule is CSc1nc(NCC2CCNCC2)cc(Nc2ccc3c(ccn3C(C)C)c2)n1. The summed E-state index contributed by atoms with van der Waals surface area (Å²) in [5.41, 5.74) is 2.29. The molecule has 6 nitrogen and oxygen atoms in total. The minimum absolute atomic E-state index is 0.450. The van der Waals surface area contributed by atoms with Gasteiger partial charge in [-0.05, 0) is 76.2 Å². The van der Waals surface area contributed by atoms with Gasteiger partial charge in [-0.15, -0.1) is 0 Å². The largest absolute Gasteiger partial charge is 0.370 e. The zero-order valence-corrected chi connectivity index (χ0v) is 18.2. The molecule has 0 bridgehead atoms. The molecule has 3 aromatic rings. The molecule has 2 aromatic heterocycles. The number of hydrogen-bond acceptors (Lipinski definition) is 6. The minimum Gasteiger partial charge on any atom is -0.370 e. The number of hydrogen-bond donors (Lipinski definition) is 3. The molecule has 0 saturated carbocycles. The van der Waals surface area contributed by atoms with Gasteiger partial charge in [0, 0.05) is 41.4 Å². The highest BCUT2D eigenvalue weighted by atomic mass is 32.2. The van der Waals surface area contributed by atoms with E-state index in [-0.39, 0.29) is 0 Å². The molecular formula is C22H30N6S. The van der Waals surface area contributed by atoms with Crippen LogP contribution >= 0.6 is 11.8 Å². The first-order chi connectivity index (χ1) is 14.1. The Hall–Kier alpha value is -2.25. The van der Waals surface area contributed by atoms with Crippen LogP contribution in [0.2, 0.25) is 0 Å². The average molecular weight is 411 g/mol. The van der Waals surface area contributed by atoms with Gasteiger partial charge < -0.3 is 20.5 Å². The van der Waals surface area contributed by atoms with Gasteiger partial charge in [-0.2, -0.15) is 0 Å². The van der Waals surface area contributed by atoms with Crippen LogP contribution in [0.15, 0.2) is 41.7 Å². The second kappa shape index (κ2) is 9.05. The summed E-state index contributed by atoms with van der Waals surface area (Å²) < 4.78 is 2.29. The molecule has 3 heterocycles. The van der Waals surface area contributed by atoms with Crippen molar-refractivity contribution in [2.24, 2.45) is 5.92 Å². The Kier molecular flexibility index (Phi) is 6.25. The molecule has 0 unspecified atom stereocenters. The molecule has 3 N–H and O–H groups in total. The van der Waals surface area contributed by atoms with Crippen LogP contribution in [0.4, 0.5) is 17.3 Å². The van der Waals surface area contributed by atoms with Gasteiger partial charge in [0.2, 0.25) is 0 Å². The number of piperidine rings is 1. The van der Waals surface area contributed by atoms with E-state index in [1.807, 2.05) is 12.3 Å². The molecule has 0 aliphatic carbocycles. The van der Waals surface area contributed by atoms with Gasteiger partial charge in [0.05, 0.1) is 0 Å². The average Bonchev–Trinajstić information content (AvgIpc) is 3.16. The highest BCUT2D eigenvalue weighted by Gasteiger charge is 2.13. The monoisotopic (exact) mass is 410 g/mol. The van der Waals surface area contributed by atoms with Crippen molar-refractivity contribution >= 4 is 40.0 Å². The van der Waals surface area contributed by atoms with Crippen LogP contribution in [-0.4, -0.2) is 40.4 Å². The Morgan fingerprint density at radius 3 is 2.69 bits per heavy atom. The first-order valence-electron chi connectivity index (χ1n) is 10.4. The number of nitrogens with one attached hydrogen (secondary N) is 3. The number of rotatable bonds is 7. The molecule has 0 atom stereocenters. The second-order valence-corrected chi connectivity index (χ2v) is 8.69. The van der Waals surface area contributed by atoms with Crippen molar-refractivity contribution in [2.75, 3.05) is 36.5 Å². The van der Waals surface area contributed by atoms with Crippen LogP contribution in [0.25, 0.3) is 10.9 Å². The van der Waals surface area contributed by atoms with Crippen LogP contribution in [0, 0.1) is 5.92 Å². The number of anilines is 3. The van der Waals surface area contributed by atoms with E-state index in [2.05, 4.69) is 74.8 Å². The van der Waals surface area contributed by atoms with E-state index in [0.717, 1.165) is 42.1 Å². The number of thioether (sulfide) groups is 1. The standard InChI is InChI=1S/C22H30N6S/c1-15(2)28-11-8-17-12-18(4-5-19(17)28)25-21-13-20(26-22(27-21)29-3)24-14-16-6-9-23-10-7-16/h4-5,8,11-13,15-16,23H,6-7,9-10,14H2,1-3H3,(H2,24,25,26,27). The van der Waals surface area contributed by atoms with Crippen LogP contribution in [0.3, 0.4) is 0 Å². The van der Waals surface area contributed by atoms with Crippen molar-refractivity contribution in [2.45, 2.75) is 37.9 Å². The number of fused-ring (bicyclic) bond motifs is 1. The van der Waals surface area contributed by atoms with Gasteiger partial charge in [0.1, 0.15) is 11.6 Å². The smallest absolute Gasteiger partial charge is 0.191 e. The maximum Gasteiger partial charge on any atom is 0.191 e. The van der Waals surface area contributed by atoms with Crippen molar-refractivity contribution in [1.82, 2.24) is 19.9 Å². The maximum absolute atomic E-state index is 4.64. The van der Waals surface area contributed by atoms with E-state index in [1.54, 1.807) is 11.8 Å². The molecule has 4 rings (SSSR count). The van der Waals surface area contributed by atoms with Crippen molar-refractivity contribution in [3.8, 4) is 0 Å². The van der Waals surface area contributed by atoms with Gasteiger partial charge in [0.15, 0.2) is 5.16 Å². The fourth-order valence-corrected chi connectivity index (χ4v) is 4.23. The van der Waals surface area contributed by atoms with E-state index in [9.17, 15) is 0 Å². The third-order valence-electron chi connectivity index (χ3n) is 5.47. The lowest BCUT2D eigenvalue weighted by molar-refractivity contribution is 0.389. The summed E-state index contributed by atoms with van der Waals surface area (Å²) >= 11 is 1.56. The Balaban J connectivity index is 1.50. The summed E-state index contributed by atoms with van der Waals surface area (Å²) in [6, 6.07) is 11.1. The molecule has 0 spiro atoms. The van der Waals surface area contributed by atoms with Gasteiger partial charge in [-0.25, -0.2) is 9.97 Å². The fourth-order valence-electron chi connectivity index (χ4n) is 3.85. The number of nitrogens with zero attached hydrogens (tertiary/aromatic N) is 3. The zero-order valence-electron chi connectivity index (χ0n) is 17.4. The predicted molar refractivity (Wildman–Crippen MR) is 124 cm³/mol. The third kappa shape index (κ3) is 4.85. The lowest BCUT2D eigenvalue weighted by Gasteiger charge is -2.23. The Bertz CT molecular complexity index is 961. The lowest BCUT2D eigenvalue weighted by atomic mass is 9.98. The maximum atomic E-state index is 4.64. The second-order valence-electron chi connectivity index (χ2n) is 7.91. The topological polar surface area (TPSA) is 66.8 Å². The highest BCUT2D eigenvalue weighted by Crippen LogP contribution is 2.26. The zero-order chi connectivity index (χ0) is 20.2. The van der Waals surface area contributed by atoms with Crippen LogP contribution in [0.1, 0.15) is 32.7 Å². The molecule has 7 heteroatoms. The molecule has 1 aromatic carbocycles. The normalized spacial score (nSPS) is 15.2. The quantitative estimate of drug-likeness (QED) is 0.381. The van der Waals surface area contributed by atoms with Crippen LogP contribution in [-0.2, 0) is 0 Å². The van der Waals surface area contributed by atoms with E-state index in [0.29, 0.717) is 12.0 Å². The van der Waals surface area contributed by atoms with Crippen LogP contribution < -0.4 is 16.0 Å². The Morgan fingerprint density at radius 2 is 1.93 bits per heavy atom. The Labute approximate surface area is 176 Å². The van der Waals surface area contributed by atoms with Gasteiger partial charge >= 0.3 is 0 Å². The van der Waals surface area contributed by atoms with Crippen molar-refractivity contribution < 1.29 is 0 Å². The molecule has 1 aliphatic rings. The summed E-state index contributed by atoms with van der Waals surface area (Å²) in [5, 5.41) is 12.4. The van der Waals surface area contributed by atoms with E-state index >= 15 is 0 Å². The molecule has 29 heavy (non-hydrogen) atoms. The molecule has 1 aliphatic heterocycles. The highest BCUT2D eigenvalue weighted by molar-refractivity contribution is 7.98. The summed E-state index contributed by atoms with van der Waals surface area (Å²) in [7, 11) is 0. The van der Waals surface area contributed by atoms with E-state index in [4.69, 9.17) is 0 Å². The summed E-state index contributed by atoms with van der Waals surface area (Å²) in [6.45, 7) is 7.59. The first-order valence-corrected chi connectivity index (χ1v) is 11.6. The summed E-state index contributed by atoms with van der Waals surface area (Å²) in [4.78, 5) is 9.27. The van der Waals surface area contributed by atoms with Crippen molar-refractivity contribution in [3.63, 3.8) is 0 Å². The third-order valence-corrected chi connectivity index (χ3v) is 6.02. The number of benzene rings is 1.